The molecule has 0 unspecified atom stereocenters. The first-order valence-electron chi connectivity index (χ1n) is 12.0. The molecule has 1 fully saturated rings. The number of carboxylic acid groups (broad SMARTS) is 1. The number of rotatable bonds is 7. The summed E-state index contributed by atoms with van der Waals surface area (Å²) in [5.41, 5.74) is 1.79. The van der Waals surface area contributed by atoms with Gasteiger partial charge in [-0.2, -0.15) is 15.4 Å². The molecular formula is C27H28N4O4SSi. The molecular weight excluding hydrogens is 504 g/mol. The fourth-order valence-electron chi connectivity index (χ4n) is 5.19. The summed E-state index contributed by atoms with van der Waals surface area (Å²) in [5, 5.41) is 22.1. The Morgan fingerprint density at radius 3 is 2.19 bits per heavy atom. The highest BCUT2D eigenvalue weighted by Gasteiger charge is 2.55. The minimum atomic E-state index is -2.88. The normalized spacial score (nSPS) is 19.1. The molecule has 37 heavy (non-hydrogen) atoms. The standard InChI is InChI=1S/C27H28N4O4SSi/c1-17(20-15-28-30-29-20)22-24(32)31-23(26(33)34)21(36-25(22)31)16-35-37(27(2,3)4,18-11-7-5-8-12-18)19-13-9-6-10-14-19/h5-15,25H,16H2,1-4H3,(H,33,34)(H,28,29,30)/t25-/m1/s1. The van der Waals surface area contributed by atoms with E-state index in [1.54, 1.807) is 13.1 Å². The number of β-lactam (4-membered cyclic amide) rings is 1. The van der Waals surface area contributed by atoms with E-state index in [1.807, 2.05) is 36.4 Å². The fourth-order valence-corrected chi connectivity index (χ4v) is 11.2. The molecule has 3 heterocycles. The van der Waals surface area contributed by atoms with E-state index in [1.165, 1.54) is 16.7 Å². The first-order chi connectivity index (χ1) is 17.7. The van der Waals surface area contributed by atoms with Gasteiger partial charge in [0.25, 0.3) is 14.2 Å². The number of carbonyl (C=O) groups excluding carboxylic acids is 1. The van der Waals surface area contributed by atoms with Crippen LogP contribution in [0.4, 0.5) is 0 Å². The molecule has 2 aromatic carbocycles. The number of aliphatic carboxylic acids is 1. The lowest BCUT2D eigenvalue weighted by molar-refractivity contribution is -0.141. The highest BCUT2D eigenvalue weighted by molar-refractivity contribution is 8.04. The molecule has 0 saturated carbocycles. The lowest BCUT2D eigenvalue weighted by Gasteiger charge is -2.43. The Hall–Kier alpha value is -3.47. The van der Waals surface area contributed by atoms with E-state index in [0.29, 0.717) is 21.7 Å². The van der Waals surface area contributed by atoms with Crippen molar-refractivity contribution in [3.05, 3.63) is 88.7 Å². The van der Waals surface area contributed by atoms with Gasteiger partial charge in [-0.25, -0.2) is 4.79 Å². The average molecular weight is 533 g/mol. The smallest absolute Gasteiger partial charge is 0.353 e. The van der Waals surface area contributed by atoms with E-state index >= 15 is 0 Å². The fraction of sp³-hybridized carbons (Fsp3) is 0.259. The van der Waals surface area contributed by atoms with Gasteiger partial charge in [0, 0.05) is 4.91 Å². The second kappa shape index (κ2) is 9.44. The Bertz CT molecular complexity index is 1360. The van der Waals surface area contributed by atoms with Crippen molar-refractivity contribution in [3.63, 3.8) is 0 Å². The number of allylic oxidation sites excluding steroid dienone is 1. The van der Waals surface area contributed by atoms with Crippen molar-refractivity contribution in [2.24, 2.45) is 0 Å². The van der Waals surface area contributed by atoms with Gasteiger partial charge in [0.05, 0.1) is 18.4 Å². The molecule has 1 saturated heterocycles. The molecule has 5 rings (SSSR count). The Balaban J connectivity index is 1.54. The number of aromatic nitrogens is 3. The maximum absolute atomic E-state index is 13.1. The number of aromatic amines is 1. The predicted molar refractivity (Wildman–Crippen MR) is 145 cm³/mol. The number of hydrogen-bond acceptors (Lipinski definition) is 6. The molecule has 8 nitrogen and oxygen atoms in total. The van der Waals surface area contributed by atoms with Gasteiger partial charge in [0.2, 0.25) is 0 Å². The first-order valence-corrected chi connectivity index (χ1v) is 14.7. The number of hydrogen-bond donors (Lipinski definition) is 2. The summed E-state index contributed by atoms with van der Waals surface area (Å²) in [4.78, 5) is 27.4. The number of nitrogens with one attached hydrogen (secondary N) is 1. The van der Waals surface area contributed by atoms with Gasteiger partial charge in [-0.3, -0.25) is 9.69 Å². The van der Waals surface area contributed by atoms with E-state index in [0.717, 1.165) is 10.4 Å². The van der Waals surface area contributed by atoms with Crippen LogP contribution in [0.3, 0.4) is 0 Å². The number of nitrogens with zero attached hydrogens (tertiary/aromatic N) is 3. The largest absolute Gasteiger partial charge is 0.477 e. The average Bonchev–Trinajstić information content (AvgIpc) is 3.52. The Morgan fingerprint density at radius 2 is 1.70 bits per heavy atom. The molecule has 10 heteroatoms. The minimum Gasteiger partial charge on any atom is -0.477 e. The number of amides is 1. The van der Waals surface area contributed by atoms with E-state index in [2.05, 4.69) is 60.4 Å². The molecule has 3 aromatic rings. The highest BCUT2D eigenvalue weighted by atomic mass is 32.2. The maximum Gasteiger partial charge on any atom is 0.353 e. The van der Waals surface area contributed by atoms with Gasteiger partial charge in [-0.15, -0.1) is 0 Å². The quantitative estimate of drug-likeness (QED) is 0.273. The highest BCUT2D eigenvalue weighted by Crippen LogP contribution is 2.51. The Morgan fingerprint density at radius 1 is 1.11 bits per heavy atom. The molecule has 1 amide bonds. The van der Waals surface area contributed by atoms with E-state index in [-0.39, 0.29) is 23.2 Å². The Kier molecular flexibility index (Phi) is 6.43. The van der Waals surface area contributed by atoms with E-state index < -0.39 is 19.7 Å². The van der Waals surface area contributed by atoms with Gasteiger partial charge < -0.3 is 9.53 Å². The molecule has 2 N–H and O–H groups in total. The van der Waals surface area contributed by atoms with Crippen molar-refractivity contribution in [1.29, 1.82) is 0 Å². The second-order valence-corrected chi connectivity index (χ2v) is 15.5. The number of carbonyl (C=O) groups is 2. The predicted octanol–water partition coefficient (Wildman–Crippen LogP) is 3.37. The van der Waals surface area contributed by atoms with Crippen molar-refractivity contribution in [3.8, 4) is 0 Å². The molecule has 0 bridgehead atoms. The molecule has 1 aromatic heterocycles. The number of benzene rings is 2. The molecule has 2 aliphatic rings. The van der Waals surface area contributed by atoms with Crippen molar-refractivity contribution in [2.45, 2.75) is 38.1 Å². The zero-order valence-electron chi connectivity index (χ0n) is 21.1. The maximum atomic E-state index is 13.1. The lowest BCUT2D eigenvalue weighted by atomic mass is 9.97. The summed E-state index contributed by atoms with van der Waals surface area (Å²) in [6, 6.07) is 20.4. The SMILES string of the molecule is CC(=C1C(=O)N2C(C(=O)O)=C(CO[Si](c3ccccc3)(c3ccccc3)C(C)(C)C)S[C@H]12)c1cn[nH]n1. The van der Waals surface area contributed by atoms with Crippen LogP contribution < -0.4 is 10.4 Å². The summed E-state index contributed by atoms with van der Waals surface area (Å²) >= 11 is 1.36. The molecule has 1 atom stereocenters. The van der Waals surface area contributed by atoms with Crippen LogP contribution in [0.15, 0.2) is 83.0 Å². The minimum absolute atomic E-state index is 0.00497. The summed E-state index contributed by atoms with van der Waals surface area (Å²) in [6.07, 6.45) is 1.55. The zero-order valence-corrected chi connectivity index (χ0v) is 22.9. The van der Waals surface area contributed by atoms with Crippen LogP contribution in [0, 0.1) is 0 Å². The van der Waals surface area contributed by atoms with Crippen LogP contribution >= 0.6 is 11.8 Å². The van der Waals surface area contributed by atoms with Crippen molar-refractivity contribution in [1.82, 2.24) is 20.3 Å². The van der Waals surface area contributed by atoms with Crippen molar-refractivity contribution < 1.29 is 19.1 Å². The van der Waals surface area contributed by atoms with Crippen LogP contribution in [0.2, 0.25) is 5.04 Å². The second-order valence-electron chi connectivity index (χ2n) is 10.1. The lowest BCUT2D eigenvalue weighted by Crippen LogP contribution is -2.66. The molecule has 0 aliphatic carbocycles. The number of thioether (sulfide) groups is 1. The third-order valence-electron chi connectivity index (χ3n) is 6.93. The van der Waals surface area contributed by atoms with Crippen molar-refractivity contribution in [2.75, 3.05) is 6.61 Å². The molecule has 2 aliphatic heterocycles. The van der Waals surface area contributed by atoms with Crippen LogP contribution in [-0.2, 0) is 14.0 Å². The number of fused-ring (bicyclic) bond motifs is 1. The molecule has 0 radical (unpaired) electrons. The van der Waals surface area contributed by atoms with Crippen LogP contribution in [0.1, 0.15) is 33.4 Å². The van der Waals surface area contributed by atoms with Gasteiger partial charge in [0.1, 0.15) is 16.8 Å². The topological polar surface area (TPSA) is 108 Å². The van der Waals surface area contributed by atoms with Crippen LogP contribution in [0.5, 0.6) is 0 Å². The summed E-state index contributed by atoms with van der Waals surface area (Å²) in [6.45, 7) is 8.42. The third-order valence-corrected chi connectivity index (χ3v) is 13.2. The molecule has 190 valence electrons. The van der Waals surface area contributed by atoms with Crippen LogP contribution in [0.25, 0.3) is 5.57 Å². The zero-order chi connectivity index (χ0) is 26.4. The first kappa shape index (κ1) is 25.2. The molecule has 0 spiro atoms. The number of H-pyrrole nitrogens is 1. The summed E-state index contributed by atoms with van der Waals surface area (Å²) < 4.78 is 6.97. The van der Waals surface area contributed by atoms with Gasteiger partial charge in [-0.1, -0.05) is 93.2 Å². The van der Waals surface area contributed by atoms with Gasteiger partial charge >= 0.3 is 5.97 Å². The van der Waals surface area contributed by atoms with Crippen molar-refractivity contribution >= 4 is 47.9 Å². The monoisotopic (exact) mass is 532 g/mol. The number of carboxylic acids is 1. The summed E-state index contributed by atoms with van der Waals surface area (Å²) in [5.74, 6) is -1.46. The van der Waals surface area contributed by atoms with E-state index in [9.17, 15) is 14.7 Å². The van der Waals surface area contributed by atoms with Crippen LogP contribution in [-0.4, -0.2) is 57.6 Å². The van der Waals surface area contributed by atoms with Gasteiger partial charge in [0.15, 0.2) is 0 Å². The summed E-state index contributed by atoms with van der Waals surface area (Å²) in [7, 11) is -2.88. The third kappa shape index (κ3) is 4.05. The van der Waals surface area contributed by atoms with E-state index in [4.69, 9.17) is 4.43 Å². The Labute approximate surface area is 220 Å². The van der Waals surface area contributed by atoms with Gasteiger partial charge in [-0.05, 0) is 27.9 Å².